The Kier molecular flexibility index (Phi) is 8.34. The molecule has 0 fully saturated rings. The standard InChI is InChI=1S/C34H33NO11/c1-7-33(43-3,44-4)35(34(8-2,45-5)46-6)29(36)26-24-20-14-10-12-17-11-9-13-18(22(17)20)19-15-16-21(30(37)38)25(23(19)24)27(31(39)40)28(26)32(41)42/h9-16H,7-8H2,1-6H3,(H,37,38)(H,39,40)(H,41,42). The molecule has 0 radical (unpaired) electrons. The minimum Gasteiger partial charge on any atom is -0.478 e. The number of carbonyl (C=O) groups excluding carboxylic acids is 1. The maximum absolute atomic E-state index is 15.3. The highest BCUT2D eigenvalue weighted by Gasteiger charge is 2.54. The van der Waals surface area contributed by atoms with Gasteiger partial charge in [0.1, 0.15) is 0 Å². The number of nitrogens with zero attached hydrogens (tertiary/aromatic N) is 1. The van der Waals surface area contributed by atoms with Crippen molar-refractivity contribution in [1.29, 1.82) is 0 Å². The molecule has 0 aliphatic rings. The number of ether oxygens (including phenoxy) is 4. The van der Waals surface area contributed by atoms with Crippen LogP contribution in [0.4, 0.5) is 0 Å². The molecule has 12 nitrogen and oxygen atoms in total. The topological polar surface area (TPSA) is 169 Å². The monoisotopic (exact) mass is 631 g/mol. The molecule has 0 aliphatic carbocycles. The predicted octanol–water partition coefficient (Wildman–Crippen LogP) is 5.99. The van der Waals surface area contributed by atoms with Crippen molar-refractivity contribution in [1.82, 2.24) is 4.90 Å². The Morgan fingerprint density at radius 3 is 1.54 bits per heavy atom. The van der Waals surface area contributed by atoms with Crippen LogP contribution in [0.25, 0.3) is 43.1 Å². The second kappa shape index (κ2) is 11.8. The van der Waals surface area contributed by atoms with Gasteiger partial charge < -0.3 is 34.3 Å². The van der Waals surface area contributed by atoms with Gasteiger partial charge >= 0.3 is 17.9 Å². The lowest BCUT2D eigenvalue weighted by Gasteiger charge is -2.49. The number of carboxylic acids is 3. The van der Waals surface area contributed by atoms with E-state index in [-0.39, 0.29) is 29.0 Å². The van der Waals surface area contributed by atoms with Gasteiger partial charge in [0.15, 0.2) is 0 Å². The molecule has 0 saturated carbocycles. The number of hydrogen-bond donors (Lipinski definition) is 3. The average Bonchev–Trinajstić information content (AvgIpc) is 3.06. The number of carboxylic acid groups (broad SMARTS) is 3. The molecule has 0 aliphatic heterocycles. The number of hydrogen-bond acceptors (Lipinski definition) is 8. The van der Waals surface area contributed by atoms with Crippen molar-refractivity contribution >= 4 is 66.9 Å². The van der Waals surface area contributed by atoms with Gasteiger partial charge in [-0.05, 0) is 38.4 Å². The second-order valence-corrected chi connectivity index (χ2v) is 10.6. The molecule has 1 amide bonds. The molecule has 12 heteroatoms. The number of amides is 1. The molecule has 0 aromatic heterocycles. The SMILES string of the molecule is CCC(OC)(OC)N(C(=O)c1c(C(=O)O)c(C(=O)O)c2c(C(=O)O)ccc3c4cccc5cccc(c1c23)c54)C(CC)(OC)OC. The molecule has 0 bridgehead atoms. The fourth-order valence-electron chi connectivity index (χ4n) is 6.82. The van der Waals surface area contributed by atoms with Gasteiger partial charge in [-0.2, -0.15) is 0 Å². The summed E-state index contributed by atoms with van der Waals surface area (Å²) in [5.41, 5.74) is -2.72. The second-order valence-electron chi connectivity index (χ2n) is 10.6. The highest BCUT2D eigenvalue weighted by atomic mass is 16.8. The van der Waals surface area contributed by atoms with E-state index in [0.29, 0.717) is 21.5 Å². The Hall–Kier alpha value is -4.88. The minimum atomic E-state index is -1.90. The van der Waals surface area contributed by atoms with Gasteiger partial charge in [0.2, 0.25) is 0 Å². The Morgan fingerprint density at radius 2 is 1.09 bits per heavy atom. The zero-order valence-corrected chi connectivity index (χ0v) is 26.1. The molecule has 3 N–H and O–H groups in total. The van der Waals surface area contributed by atoms with E-state index in [4.69, 9.17) is 18.9 Å². The Balaban J connectivity index is 2.19. The molecule has 0 atom stereocenters. The van der Waals surface area contributed by atoms with E-state index >= 15 is 4.79 Å². The molecule has 5 aromatic rings. The van der Waals surface area contributed by atoms with Crippen LogP contribution in [0, 0.1) is 0 Å². The van der Waals surface area contributed by atoms with Crippen molar-refractivity contribution in [2.45, 2.75) is 38.5 Å². The lowest BCUT2D eigenvalue weighted by molar-refractivity contribution is -0.389. The highest BCUT2D eigenvalue weighted by Crippen LogP contribution is 2.47. The molecule has 0 unspecified atom stereocenters. The lowest BCUT2D eigenvalue weighted by Crippen LogP contribution is -2.66. The molecule has 5 rings (SSSR count). The molecule has 240 valence electrons. The van der Waals surface area contributed by atoms with Crippen molar-refractivity contribution in [2.24, 2.45) is 0 Å². The van der Waals surface area contributed by atoms with Gasteiger partial charge in [0.25, 0.3) is 17.7 Å². The third kappa shape index (κ3) is 4.36. The van der Waals surface area contributed by atoms with E-state index < -0.39 is 57.9 Å². The van der Waals surface area contributed by atoms with Crippen LogP contribution in [0.2, 0.25) is 0 Å². The third-order valence-corrected chi connectivity index (χ3v) is 8.85. The van der Waals surface area contributed by atoms with Crippen LogP contribution in [0.1, 0.15) is 68.1 Å². The average molecular weight is 632 g/mol. The van der Waals surface area contributed by atoms with Gasteiger partial charge in [-0.15, -0.1) is 0 Å². The first-order valence-corrected chi connectivity index (χ1v) is 14.4. The van der Waals surface area contributed by atoms with E-state index in [2.05, 4.69) is 0 Å². The van der Waals surface area contributed by atoms with Crippen LogP contribution in [0.15, 0.2) is 48.5 Å². The van der Waals surface area contributed by atoms with Gasteiger partial charge in [0.05, 0.1) is 22.3 Å². The van der Waals surface area contributed by atoms with E-state index in [0.717, 1.165) is 10.3 Å². The normalized spacial score (nSPS) is 12.4. The first-order chi connectivity index (χ1) is 21.9. The van der Waals surface area contributed by atoms with Crippen LogP contribution in [-0.4, -0.2) is 84.3 Å². The summed E-state index contributed by atoms with van der Waals surface area (Å²) in [6.07, 6.45) is 0.00822. The molecule has 46 heavy (non-hydrogen) atoms. The van der Waals surface area contributed by atoms with Crippen molar-refractivity contribution in [2.75, 3.05) is 28.4 Å². The number of carbonyl (C=O) groups is 4. The van der Waals surface area contributed by atoms with Crippen LogP contribution >= 0.6 is 0 Å². The Labute approximate surface area is 262 Å². The number of rotatable bonds is 12. The number of aromatic carboxylic acids is 3. The van der Waals surface area contributed by atoms with Crippen LogP contribution in [-0.2, 0) is 18.9 Å². The summed E-state index contributed by atoms with van der Waals surface area (Å²) in [4.78, 5) is 55.3. The molecular formula is C34H33NO11. The van der Waals surface area contributed by atoms with E-state index in [1.807, 2.05) is 12.1 Å². The Bertz CT molecular complexity index is 2000. The molecule has 5 aromatic carbocycles. The summed E-state index contributed by atoms with van der Waals surface area (Å²) in [7, 11) is 5.16. The van der Waals surface area contributed by atoms with Crippen molar-refractivity contribution in [3.05, 3.63) is 70.8 Å². The largest absolute Gasteiger partial charge is 0.478 e. The number of benzene rings is 5. The van der Waals surface area contributed by atoms with Gasteiger partial charge in [-0.1, -0.05) is 56.3 Å². The summed E-state index contributed by atoms with van der Waals surface area (Å²) in [6.45, 7) is 3.33. The van der Waals surface area contributed by atoms with Gasteiger partial charge in [0, 0.05) is 52.1 Å². The maximum Gasteiger partial charge on any atom is 0.337 e. The van der Waals surface area contributed by atoms with Crippen molar-refractivity contribution in [3.63, 3.8) is 0 Å². The van der Waals surface area contributed by atoms with E-state index in [1.165, 1.54) is 34.5 Å². The van der Waals surface area contributed by atoms with Crippen LogP contribution in [0.3, 0.4) is 0 Å². The molecule has 0 saturated heterocycles. The fraction of sp³-hybridized carbons (Fsp3) is 0.294. The van der Waals surface area contributed by atoms with Crippen molar-refractivity contribution in [3.8, 4) is 0 Å². The highest BCUT2D eigenvalue weighted by molar-refractivity contribution is 6.40. The lowest BCUT2D eigenvalue weighted by atomic mass is 9.81. The molecular weight excluding hydrogens is 598 g/mol. The quantitative estimate of drug-likeness (QED) is 0.0840. The maximum atomic E-state index is 15.3. The molecule has 0 heterocycles. The number of methoxy groups -OCH3 is 4. The Morgan fingerprint density at radius 1 is 0.587 bits per heavy atom. The summed E-state index contributed by atoms with van der Waals surface area (Å²) in [5.74, 6) is -9.81. The summed E-state index contributed by atoms with van der Waals surface area (Å²) >= 11 is 0. The van der Waals surface area contributed by atoms with Crippen LogP contribution in [0.5, 0.6) is 0 Å². The third-order valence-electron chi connectivity index (χ3n) is 8.85. The fourth-order valence-corrected chi connectivity index (χ4v) is 6.82. The predicted molar refractivity (Wildman–Crippen MR) is 169 cm³/mol. The first kappa shape index (κ1) is 32.5. The van der Waals surface area contributed by atoms with Gasteiger partial charge in [-0.3, -0.25) is 4.79 Å². The van der Waals surface area contributed by atoms with Crippen molar-refractivity contribution < 1.29 is 53.4 Å². The summed E-state index contributed by atoms with van der Waals surface area (Å²) in [6, 6.07) is 13.5. The zero-order valence-electron chi connectivity index (χ0n) is 26.1. The van der Waals surface area contributed by atoms with E-state index in [9.17, 15) is 29.7 Å². The molecule has 0 spiro atoms. The zero-order chi connectivity index (χ0) is 33.7. The van der Waals surface area contributed by atoms with E-state index in [1.54, 1.807) is 44.2 Å². The minimum absolute atomic E-state index is 0.00411. The van der Waals surface area contributed by atoms with Gasteiger partial charge in [-0.25, -0.2) is 19.3 Å². The summed E-state index contributed by atoms with van der Waals surface area (Å²) < 4.78 is 23.1. The first-order valence-electron chi connectivity index (χ1n) is 14.4. The summed E-state index contributed by atoms with van der Waals surface area (Å²) in [5, 5.41) is 34.3. The smallest absolute Gasteiger partial charge is 0.337 e. The van der Waals surface area contributed by atoms with Crippen LogP contribution < -0.4 is 0 Å². The number of fused-ring (bicyclic) bond motifs is 2.